The molecule has 88 valence electrons. The molecule has 1 rings (SSSR count). The molecule has 4 nitrogen and oxygen atoms in total. The second kappa shape index (κ2) is 7.11. The summed E-state index contributed by atoms with van der Waals surface area (Å²) in [5.74, 6) is 1.53. The second-order valence-electron chi connectivity index (χ2n) is 3.19. The molecule has 1 aromatic rings. The van der Waals surface area contributed by atoms with E-state index in [1.807, 2.05) is 25.3 Å². The van der Waals surface area contributed by atoms with Crippen molar-refractivity contribution in [2.75, 3.05) is 30.4 Å². The standard InChI is InChI=1S/C11H17N3OS/c1-3-12-10-6-4-5-9(14-10)11(15)13-7-8-16-2/h4-6H,3,7-8H2,1-2H3,(H,12,14)(H,13,15). The smallest absolute Gasteiger partial charge is 0.269 e. The Morgan fingerprint density at radius 3 is 3.00 bits per heavy atom. The average molecular weight is 239 g/mol. The van der Waals surface area contributed by atoms with Gasteiger partial charge >= 0.3 is 0 Å². The lowest BCUT2D eigenvalue weighted by Crippen LogP contribution is -2.26. The molecule has 1 amide bonds. The maximum atomic E-state index is 11.7. The molecule has 0 atom stereocenters. The van der Waals surface area contributed by atoms with Crippen LogP contribution >= 0.6 is 11.8 Å². The Labute approximate surface area is 100 Å². The van der Waals surface area contributed by atoms with Gasteiger partial charge in [-0.25, -0.2) is 4.98 Å². The summed E-state index contributed by atoms with van der Waals surface area (Å²) in [5.41, 5.74) is 0.458. The van der Waals surface area contributed by atoms with Gasteiger partial charge in [0.25, 0.3) is 5.91 Å². The number of nitrogens with one attached hydrogen (secondary N) is 2. The maximum absolute atomic E-state index is 11.7. The highest BCUT2D eigenvalue weighted by Crippen LogP contribution is 2.04. The van der Waals surface area contributed by atoms with Gasteiger partial charge in [0, 0.05) is 18.8 Å². The minimum atomic E-state index is -0.117. The maximum Gasteiger partial charge on any atom is 0.269 e. The zero-order chi connectivity index (χ0) is 11.8. The molecule has 2 N–H and O–H groups in total. The largest absolute Gasteiger partial charge is 0.370 e. The minimum absolute atomic E-state index is 0.117. The third-order valence-corrected chi connectivity index (χ3v) is 2.54. The highest BCUT2D eigenvalue weighted by atomic mass is 32.2. The molecule has 0 unspecified atom stereocenters. The third kappa shape index (κ3) is 4.10. The Bertz CT molecular complexity index is 344. The predicted molar refractivity (Wildman–Crippen MR) is 69.1 cm³/mol. The number of hydrogen-bond donors (Lipinski definition) is 2. The summed E-state index contributed by atoms with van der Waals surface area (Å²) < 4.78 is 0. The van der Waals surface area contributed by atoms with E-state index in [0.717, 1.165) is 18.1 Å². The van der Waals surface area contributed by atoms with E-state index in [0.29, 0.717) is 12.2 Å². The van der Waals surface area contributed by atoms with E-state index in [1.165, 1.54) is 0 Å². The number of carbonyl (C=O) groups is 1. The van der Waals surface area contributed by atoms with Crippen LogP contribution in [0.4, 0.5) is 5.82 Å². The van der Waals surface area contributed by atoms with Crippen molar-refractivity contribution in [2.45, 2.75) is 6.92 Å². The zero-order valence-corrected chi connectivity index (χ0v) is 10.4. The molecular formula is C11H17N3OS. The highest BCUT2D eigenvalue weighted by Gasteiger charge is 2.06. The van der Waals surface area contributed by atoms with Crippen LogP contribution in [-0.2, 0) is 0 Å². The van der Waals surface area contributed by atoms with Crippen molar-refractivity contribution in [3.63, 3.8) is 0 Å². The molecule has 0 aromatic carbocycles. The molecule has 0 bridgehead atoms. The zero-order valence-electron chi connectivity index (χ0n) is 9.62. The molecule has 0 saturated heterocycles. The topological polar surface area (TPSA) is 54.0 Å². The Morgan fingerprint density at radius 1 is 1.50 bits per heavy atom. The van der Waals surface area contributed by atoms with Crippen LogP contribution in [0.2, 0.25) is 0 Å². The molecule has 0 fully saturated rings. The van der Waals surface area contributed by atoms with E-state index in [2.05, 4.69) is 15.6 Å². The first-order valence-electron chi connectivity index (χ1n) is 5.26. The van der Waals surface area contributed by atoms with Gasteiger partial charge in [-0.05, 0) is 25.3 Å². The number of anilines is 1. The fourth-order valence-electron chi connectivity index (χ4n) is 1.20. The SMILES string of the molecule is CCNc1cccc(C(=O)NCCSC)n1. The lowest BCUT2D eigenvalue weighted by molar-refractivity contribution is 0.0951. The van der Waals surface area contributed by atoms with Crippen LogP contribution in [-0.4, -0.2) is 36.0 Å². The summed E-state index contributed by atoms with van der Waals surface area (Å²) in [6.45, 7) is 3.46. The van der Waals surface area contributed by atoms with Gasteiger partial charge in [0.2, 0.25) is 0 Å². The van der Waals surface area contributed by atoms with Crippen molar-refractivity contribution >= 4 is 23.5 Å². The monoisotopic (exact) mass is 239 g/mol. The number of pyridine rings is 1. The van der Waals surface area contributed by atoms with E-state index in [4.69, 9.17) is 0 Å². The fraction of sp³-hybridized carbons (Fsp3) is 0.455. The van der Waals surface area contributed by atoms with E-state index >= 15 is 0 Å². The summed E-state index contributed by atoms with van der Waals surface area (Å²) in [4.78, 5) is 15.9. The molecule has 0 radical (unpaired) electrons. The third-order valence-electron chi connectivity index (χ3n) is 1.93. The molecule has 0 aliphatic carbocycles. The number of carbonyl (C=O) groups excluding carboxylic acids is 1. The molecule has 0 saturated carbocycles. The van der Waals surface area contributed by atoms with Crippen molar-refractivity contribution in [3.8, 4) is 0 Å². The van der Waals surface area contributed by atoms with Crippen molar-refractivity contribution < 1.29 is 4.79 Å². The quantitative estimate of drug-likeness (QED) is 0.740. The molecule has 16 heavy (non-hydrogen) atoms. The summed E-state index contributed by atoms with van der Waals surface area (Å²) in [6, 6.07) is 5.39. The first-order chi connectivity index (χ1) is 7.77. The fourth-order valence-corrected chi connectivity index (χ4v) is 1.50. The normalized spacial score (nSPS) is 9.88. The molecular weight excluding hydrogens is 222 g/mol. The number of nitrogens with zero attached hydrogens (tertiary/aromatic N) is 1. The number of hydrogen-bond acceptors (Lipinski definition) is 4. The van der Waals surface area contributed by atoms with Crippen LogP contribution in [0.3, 0.4) is 0 Å². The van der Waals surface area contributed by atoms with Crippen molar-refractivity contribution in [1.29, 1.82) is 0 Å². The van der Waals surface area contributed by atoms with E-state index in [1.54, 1.807) is 17.8 Å². The van der Waals surface area contributed by atoms with Crippen molar-refractivity contribution in [3.05, 3.63) is 23.9 Å². The van der Waals surface area contributed by atoms with Gasteiger partial charge in [0.15, 0.2) is 0 Å². The van der Waals surface area contributed by atoms with Crippen LogP contribution in [0.15, 0.2) is 18.2 Å². The van der Waals surface area contributed by atoms with Crippen molar-refractivity contribution in [2.24, 2.45) is 0 Å². The lowest BCUT2D eigenvalue weighted by Gasteiger charge is -2.06. The molecule has 1 heterocycles. The Hall–Kier alpha value is -1.23. The first-order valence-corrected chi connectivity index (χ1v) is 6.65. The van der Waals surface area contributed by atoms with E-state index in [9.17, 15) is 4.79 Å². The summed E-state index contributed by atoms with van der Waals surface area (Å²) in [6.07, 6.45) is 2.01. The van der Waals surface area contributed by atoms with E-state index in [-0.39, 0.29) is 5.91 Å². The van der Waals surface area contributed by atoms with E-state index < -0.39 is 0 Å². The van der Waals surface area contributed by atoms with Gasteiger partial charge in [-0.2, -0.15) is 11.8 Å². The van der Waals surface area contributed by atoms with Gasteiger partial charge in [0.1, 0.15) is 11.5 Å². The van der Waals surface area contributed by atoms with Crippen LogP contribution in [0.25, 0.3) is 0 Å². The Kier molecular flexibility index (Phi) is 5.71. The summed E-state index contributed by atoms with van der Waals surface area (Å²) in [7, 11) is 0. The van der Waals surface area contributed by atoms with Crippen molar-refractivity contribution in [1.82, 2.24) is 10.3 Å². The Balaban J connectivity index is 2.57. The van der Waals surface area contributed by atoms with Crippen LogP contribution < -0.4 is 10.6 Å². The lowest BCUT2D eigenvalue weighted by atomic mass is 10.3. The molecule has 0 aliphatic rings. The summed E-state index contributed by atoms with van der Waals surface area (Å²) in [5, 5.41) is 5.89. The second-order valence-corrected chi connectivity index (χ2v) is 4.17. The van der Waals surface area contributed by atoms with Crippen LogP contribution in [0.5, 0.6) is 0 Å². The molecule has 1 aromatic heterocycles. The molecule has 5 heteroatoms. The Morgan fingerprint density at radius 2 is 2.31 bits per heavy atom. The molecule has 0 aliphatic heterocycles. The number of rotatable bonds is 6. The molecule has 0 spiro atoms. The van der Waals surface area contributed by atoms with Gasteiger partial charge in [-0.1, -0.05) is 6.07 Å². The number of thioether (sulfide) groups is 1. The van der Waals surface area contributed by atoms with Gasteiger partial charge < -0.3 is 10.6 Å². The minimum Gasteiger partial charge on any atom is -0.370 e. The van der Waals surface area contributed by atoms with Gasteiger partial charge in [-0.3, -0.25) is 4.79 Å². The summed E-state index contributed by atoms with van der Waals surface area (Å²) >= 11 is 1.70. The highest BCUT2D eigenvalue weighted by molar-refractivity contribution is 7.98. The van der Waals surface area contributed by atoms with Crippen LogP contribution in [0, 0.1) is 0 Å². The number of amides is 1. The van der Waals surface area contributed by atoms with Gasteiger partial charge in [-0.15, -0.1) is 0 Å². The first kappa shape index (κ1) is 12.8. The van der Waals surface area contributed by atoms with Gasteiger partial charge in [0.05, 0.1) is 0 Å². The predicted octanol–water partition coefficient (Wildman–Crippen LogP) is 1.61. The number of aromatic nitrogens is 1. The average Bonchev–Trinajstić information content (AvgIpc) is 2.30. The van der Waals surface area contributed by atoms with Crippen LogP contribution in [0.1, 0.15) is 17.4 Å².